The molecule has 0 saturated carbocycles. The Morgan fingerprint density at radius 1 is 1.40 bits per heavy atom. The van der Waals surface area contributed by atoms with Gasteiger partial charge in [0.05, 0.1) is 17.9 Å². The number of hydrogen-bond acceptors (Lipinski definition) is 2. The van der Waals surface area contributed by atoms with Crippen molar-refractivity contribution < 1.29 is 17.9 Å². The number of hydrogen-bond donors (Lipinski definition) is 1. The van der Waals surface area contributed by atoms with E-state index in [-0.39, 0.29) is 11.4 Å². The van der Waals surface area contributed by atoms with Crippen LogP contribution in [0.25, 0.3) is 0 Å². The molecule has 0 atom stereocenters. The molecule has 6 heteroatoms. The van der Waals surface area contributed by atoms with Crippen LogP contribution in [0.4, 0.5) is 18.9 Å². The number of alkyl halides is 3. The Bertz CT molecular complexity index is 417. The molecule has 0 radical (unpaired) electrons. The zero-order valence-corrected chi connectivity index (χ0v) is 9.08. The molecule has 2 N–H and O–H groups in total. The molecule has 0 amide bonds. The van der Waals surface area contributed by atoms with E-state index in [0.29, 0.717) is 23.1 Å². The Morgan fingerprint density at radius 2 is 2.07 bits per heavy atom. The van der Waals surface area contributed by atoms with Crippen LogP contribution in [0.1, 0.15) is 11.1 Å². The van der Waals surface area contributed by atoms with Crippen molar-refractivity contribution in [1.82, 2.24) is 0 Å². The number of ether oxygens (including phenoxy) is 1. The predicted molar refractivity (Wildman–Crippen MR) is 52.8 cm³/mol. The number of rotatable bonds is 0. The summed E-state index contributed by atoms with van der Waals surface area (Å²) in [7, 11) is 0. The van der Waals surface area contributed by atoms with Crippen molar-refractivity contribution in [3.05, 3.63) is 21.7 Å². The van der Waals surface area contributed by atoms with Gasteiger partial charge in [0.25, 0.3) is 0 Å². The third-order valence-corrected chi connectivity index (χ3v) is 3.19. The first-order valence-electron chi connectivity index (χ1n) is 4.22. The fourth-order valence-electron chi connectivity index (χ4n) is 1.54. The molecule has 2 rings (SSSR count). The van der Waals surface area contributed by atoms with Crippen LogP contribution in [-0.4, -0.2) is 6.61 Å². The summed E-state index contributed by atoms with van der Waals surface area (Å²) in [6, 6.07) is 0.961. The van der Waals surface area contributed by atoms with Crippen molar-refractivity contribution in [3.8, 4) is 5.75 Å². The van der Waals surface area contributed by atoms with Gasteiger partial charge in [-0.15, -0.1) is 0 Å². The van der Waals surface area contributed by atoms with Gasteiger partial charge in [0.2, 0.25) is 0 Å². The van der Waals surface area contributed by atoms with Crippen LogP contribution >= 0.6 is 15.9 Å². The van der Waals surface area contributed by atoms with Crippen LogP contribution < -0.4 is 10.5 Å². The van der Waals surface area contributed by atoms with Gasteiger partial charge < -0.3 is 10.5 Å². The summed E-state index contributed by atoms with van der Waals surface area (Å²) in [6.07, 6.45) is -3.87. The summed E-state index contributed by atoms with van der Waals surface area (Å²) in [5, 5.41) is 0. The summed E-state index contributed by atoms with van der Waals surface area (Å²) >= 11 is 3.07. The highest BCUT2D eigenvalue weighted by molar-refractivity contribution is 9.10. The highest BCUT2D eigenvalue weighted by atomic mass is 79.9. The first-order chi connectivity index (χ1) is 6.91. The van der Waals surface area contributed by atoms with Gasteiger partial charge in [0, 0.05) is 16.5 Å². The van der Waals surface area contributed by atoms with Gasteiger partial charge in [-0.05, 0) is 22.0 Å². The van der Waals surface area contributed by atoms with Crippen molar-refractivity contribution in [2.75, 3.05) is 12.3 Å². The maximum atomic E-state index is 12.5. The second kappa shape index (κ2) is 3.30. The van der Waals surface area contributed by atoms with Crippen LogP contribution in [0.15, 0.2) is 10.5 Å². The fourth-order valence-corrected chi connectivity index (χ4v) is 2.15. The Morgan fingerprint density at radius 3 is 2.67 bits per heavy atom. The van der Waals surface area contributed by atoms with Crippen LogP contribution in [0.5, 0.6) is 5.75 Å². The van der Waals surface area contributed by atoms with Gasteiger partial charge >= 0.3 is 6.18 Å². The SMILES string of the molecule is Nc1c(C(F)(F)F)cc2c(c1Br)CCO2. The molecule has 1 aromatic rings. The Kier molecular flexibility index (Phi) is 2.33. The topological polar surface area (TPSA) is 35.2 Å². The van der Waals surface area contributed by atoms with E-state index in [0.717, 1.165) is 6.07 Å². The molecule has 2 nitrogen and oxygen atoms in total. The van der Waals surface area contributed by atoms with E-state index in [9.17, 15) is 13.2 Å². The zero-order chi connectivity index (χ0) is 11.2. The fraction of sp³-hybridized carbons (Fsp3) is 0.333. The minimum atomic E-state index is -4.45. The van der Waals surface area contributed by atoms with E-state index >= 15 is 0 Å². The van der Waals surface area contributed by atoms with Crippen LogP contribution in [0.3, 0.4) is 0 Å². The van der Waals surface area contributed by atoms with Gasteiger partial charge in [0.15, 0.2) is 0 Å². The lowest BCUT2D eigenvalue weighted by molar-refractivity contribution is -0.137. The summed E-state index contributed by atoms with van der Waals surface area (Å²) in [5.74, 6) is 0.267. The molecular weight excluding hydrogens is 275 g/mol. The maximum absolute atomic E-state index is 12.5. The summed E-state index contributed by atoms with van der Waals surface area (Å²) in [6.45, 7) is 0.398. The Labute approximate surface area is 92.3 Å². The standard InChI is InChI=1S/C9H7BrF3NO/c10-7-4-1-2-15-6(4)3-5(8(7)14)9(11,12)13/h3H,1-2,14H2. The first-order valence-corrected chi connectivity index (χ1v) is 5.01. The molecule has 82 valence electrons. The first kappa shape index (κ1) is 10.6. The average molecular weight is 282 g/mol. The van der Waals surface area contributed by atoms with Gasteiger partial charge in [-0.3, -0.25) is 0 Å². The summed E-state index contributed by atoms with van der Waals surface area (Å²) in [4.78, 5) is 0. The van der Waals surface area contributed by atoms with Crippen molar-refractivity contribution in [3.63, 3.8) is 0 Å². The van der Waals surface area contributed by atoms with E-state index in [4.69, 9.17) is 10.5 Å². The van der Waals surface area contributed by atoms with Crippen LogP contribution in [0.2, 0.25) is 0 Å². The van der Waals surface area contributed by atoms with Crippen LogP contribution in [0, 0.1) is 0 Å². The second-order valence-corrected chi connectivity index (χ2v) is 4.02. The Hall–Kier alpha value is -0.910. The second-order valence-electron chi connectivity index (χ2n) is 3.22. The minimum absolute atomic E-state index is 0.267. The van der Waals surface area contributed by atoms with E-state index < -0.39 is 11.7 Å². The van der Waals surface area contributed by atoms with Crippen molar-refractivity contribution in [2.24, 2.45) is 0 Å². The number of anilines is 1. The maximum Gasteiger partial charge on any atom is 0.418 e. The molecule has 1 aliphatic heterocycles. The normalized spacial score (nSPS) is 14.9. The van der Waals surface area contributed by atoms with Crippen molar-refractivity contribution in [1.29, 1.82) is 0 Å². The smallest absolute Gasteiger partial charge is 0.418 e. The van der Waals surface area contributed by atoms with E-state index in [1.807, 2.05) is 0 Å². The van der Waals surface area contributed by atoms with Gasteiger partial charge in [-0.25, -0.2) is 0 Å². The third-order valence-electron chi connectivity index (χ3n) is 2.28. The van der Waals surface area contributed by atoms with Crippen LogP contribution in [-0.2, 0) is 12.6 Å². The largest absolute Gasteiger partial charge is 0.493 e. The molecule has 0 bridgehead atoms. The summed E-state index contributed by atoms with van der Waals surface area (Å²) in [5.41, 5.74) is 5.00. The van der Waals surface area contributed by atoms with Crippen molar-refractivity contribution >= 4 is 21.6 Å². The monoisotopic (exact) mass is 281 g/mol. The molecule has 1 heterocycles. The third kappa shape index (κ3) is 1.67. The number of nitrogens with two attached hydrogens (primary N) is 1. The summed E-state index contributed by atoms with van der Waals surface area (Å²) < 4.78 is 43.0. The van der Waals surface area contributed by atoms with E-state index in [2.05, 4.69) is 15.9 Å². The lowest BCUT2D eigenvalue weighted by atomic mass is 10.1. The Balaban J connectivity index is 2.64. The molecule has 1 aromatic carbocycles. The van der Waals surface area contributed by atoms with E-state index in [1.54, 1.807) is 0 Å². The molecule has 1 aliphatic rings. The van der Waals surface area contributed by atoms with Gasteiger partial charge in [-0.2, -0.15) is 13.2 Å². The molecule has 0 saturated heterocycles. The van der Waals surface area contributed by atoms with Crippen molar-refractivity contribution in [2.45, 2.75) is 12.6 Å². The van der Waals surface area contributed by atoms with Gasteiger partial charge in [-0.1, -0.05) is 0 Å². The molecule has 0 aliphatic carbocycles. The number of fused-ring (bicyclic) bond motifs is 1. The highest BCUT2D eigenvalue weighted by Gasteiger charge is 2.36. The number of halogens is 4. The zero-order valence-electron chi connectivity index (χ0n) is 7.49. The molecule has 0 unspecified atom stereocenters. The molecule has 0 spiro atoms. The molecule has 0 aromatic heterocycles. The minimum Gasteiger partial charge on any atom is -0.493 e. The molecular formula is C9H7BrF3NO. The number of benzene rings is 1. The quantitative estimate of drug-likeness (QED) is 0.742. The molecule has 15 heavy (non-hydrogen) atoms. The lowest BCUT2D eigenvalue weighted by Gasteiger charge is -2.13. The van der Waals surface area contributed by atoms with E-state index in [1.165, 1.54) is 0 Å². The highest BCUT2D eigenvalue weighted by Crippen LogP contribution is 2.44. The lowest BCUT2D eigenvalue weighted by Crippen LogP contribution is -2.10. The predicted octanol–water partition coefficient (Wildman–Crippen LogP) is 2.99. The average Bonchev–Trinajstić information content (AvgIpc) is 2.57. The van der Waals surface area contributed by atoms with Gasteiger partial charge in [0.1, 0.15) is 5.75 Å². The molecule has 0 fully saturated rings. The number of nitrogen functional groups attached to an aromatic ring is 1.